The molecule has 9 nitrogen and oxygen atoms in total. The van der Waals surface area contributed by atoms with Gasteiger partial charge >= 0.3 is 12.2 Å². The van der Waals surface area contributed by atoms with Gasteiger partial charge in [-0.05, 0) is 36.8 Å². The summed E-state index contributed by atoms with van der Waals surface area (Å²) in [5, 5.41) is 8.43. The monoisotopic (exact) mass is 604 g/mol. The second-order valence-corrected chi connectivity index (χ2v) is 9.61. The molecule has 1 aliphatic heterocycles. The van der Waals surface area contributed by atoms with Crippen molar-refractivity contribution in [2.75, 3.05) is 31.4 Å². The highest BCUT2D eigenvalue weighted by molar-refractivity contribution is 6.43. The summed E-state index contributed by atoms with van der Waals surface area (Å²) in [7, 11) is 2.86. The third-order valence-corrected chi connectivity index (χ3v) is 6.57. The van der Waals surface area contributed by atoms with Crippen molar-refractivity contribution in [2.24, 2.45) is 10.9 Å². The summed E-state index contributed by atoms with van der Waals surface area (Å²) in [5.41, 5.74) is -0.145. The molecule has 0 bridgehead atoms. The Morgan fingerprint density at radius 3 is 2.50 bits per heavy atom. The Morgan fingerprint density at radius 2 is 1.81 bits per heavy atom. The van der Waals surface area contributed by atoms with Gasteiger partial charge in [-0.3, -0.25) is 9.79 Å². The van der Waals surface area contributed by atoms with Crippen LogP contribution in [0.4, 0.5) is 29.3 Å². The van der Waals surface area contributed by atoms with Crippen LogP contribution in [-0.2, 0) is 4.79 Å². The average molecular weight is 605 g/mol. The fraction of sp³-hybridized carbons (Fsp3) is 0.276. The third-order valence-electron chi connectivity index (χ3n) is 6.26. The zero-order chi connectivity index (χ0) is 30.4. The Hall–Kier alpha value is -4.45. The maximum atomic E-state index is 13.4. The van der Waals surface area contributed by atoms with E-state index in [0.717, 1.165) is 12.2 Å². The predicted molar refractivity (Wildman–Crippen MR) is 154 cm³/mol. The number of fused-ring (bicyclic) bond motifs is 1. The van der Waals surface area contributed by atoms with Gasteiger partial charge in [0.05, 0.1) is 42.5 Å². The lowest BCUT2D eigenvalue weighted by Crippen LogP contribution is -2.37. The second-order valence-electron chi connectivity index (χ2n) is 9.20. The number of urea groups is 1. The minimum Gasteiger partial charge on any atom is -0.495 e. The number of rotatable bonds is 9. The zero-order valence-electron chi connectivity index (χ0n) is 22.8. The SMILES string of the molecule is CCCNC(=O)C1=NC2C=C(C(F)(F)F)C=CC2C(Oc2ccc(NC(=O)Nc3ccc(Cl)c(OC)c3)c(OC)c2)=C1. The van der Waals surface area contributed by atoms with Crippen LogP contribution in [0.1, 0.15) is 13.3 Å². The lowest BCUT2D eigenvalue weighted by molar-refractivity contribution is -0.114. The van der Waals surface area contributed by atoms with Crippen LogP contribution in [0.3, 0.4) is 0 Å². The number of halogens is 4. The molecule has 0 fully saturated rings. The van der Waals surface area contributed by atoms with Crippen LogP contribution in [0.25, 0.3) is 0 Å². The molecule has 13 heteroatoms. The van der Waals surface area contributed by atoms with Crippen LogP contribution in [0.5, 0.6) is 17.2 Å². The highest BCUT2D eigenvalue weighted by atomic mass is 35.5. The fourth-order valence-electron chi connectivity index (χ4n) is 4.21. The largest absolute Gasteiger partial charge is 0.495 e. The molecule has 0 saturated carbocycles. The number of methoxy groups -OCH3 is 2. The average Bonchev–Trinajstić information content (AvgIpc) is 2.96. The first kappa shape index (κ1) is 30.5. The summed E-state index contributed by atoms with van der Waals surface area (Å²) < 4.78 is 56.8. The van der Waals surface area contributed by atoms with E-state index in [4.69, 9.17) is 25.8 Å². The van der Waals surface area contributed by atoms with Crippen molar-refractivity contribution in [3.8, 4) is 17.2 Å². The number of nitrogens with one attached hydrogen (secondary N) is 3. The molecule has 3 amide bonds. The van der Waals surface area contributed by atoms with Crippen molar-refractivity contribution in [2.45, 2.75) is 25.6 Å². The number of carbonyl (C=O) groups excluding carboxylic acids is 2. The number of hydrogen-bond acceptors (Lipinski definition) is 6. The molecular formula is C29H28ClF3N4O5. The Kier molecular flexibility index (Phi) is 9.46. The summed E-state index contributed by atoms with van der Waals surface area (Å²) in [5.74, 6) is -0.0692. The summed E-state index contributed by atoms with van der Waals surface area (Å²) in [4.78, 5) is 29.6. The molecule has 4 rings (SSSR count). The van der Waals surface area contributed by atoms with Gasteiger partial charge in [0.1, 0.15) is 28.7 Å². The van der Waals surface area contributed by atoms with Crippen molar-refractivity contribution in [3.05, 3.63) is 77.1 Å². The van der Waals surface area contributed by atoms with E-state index in [9.17, 15) is 22.8 Å². The number of dihydropyridines is 1. The number of ether oxygens (including phenoxy) is 3. The third kappa shape index (κ3) is 7.24. The first-order chi connectivity index (χ1) is 20.0. The number of nitrogens with zero attached hydrogens (tertiary/aromatic N) is 1. The second kappa shape index (κ2) is 13.0. The van der Waals surface area contributed by atoms with Gasteiger partial charge in [-0.25, -0.2) is 4.79 Å². The van der Waals surface area contributed by atoms with Crippen molar-refractivity contribution in [1.29, 1.82) is 0 Å². The van der Waals surface area contributed by atoms with E-state index in [1.807, 2.05) is 6.92 Å². The van der Waals surface area contributed by atoms with Crippen LogP contribution in [0, 0.1) is 5.92 Å². The topological polar surface area (TPSA) is 110 Å². The first-order valence-corrected chi connectivity index (χ1v) is 13.2. The minimum atomic E-state index is -4.56. The van der Waals surface area contributed by atoms with Crippen LogP contribution in [0.15, 0.2) is 77.0 Å². The molecule has 0 saturated heterocycles. The normalized spacial score (nSPS) is 17.6. The molecule has 0 radical (unpaired) electrons. The van der Waals surface area contributed by atoms with Crippen molar-refractivity contribution in [3.63, 3.8) is 0 Å². The van der Waals surface area contributed by atoms with Crippen molar-refractivity contribution >= 4 is 40.6 Å². The van der Waals surface area contributed by atoms with E-state index in [2.05, 4.69) is 20.9 Å². The summed E-state index contributed by atoms with van der Waals surface area (Å²) >= 11 is 6.03. The fourth-order valence-corrected chi connectivity index (χ4v) is 4.40. The number of allylic oxidation sites excluding steroid dienone is 2. The van der Waals surface area contributed by atoms with Crippen molar-refractivity contribution < 1.29 is 37.0 Å². The Morgan fingerprint density at radius 1 is 1.05 bits per heavy atom. The van der Waals surface area contributed by atoms with Gasteiger partial charge in [0.15, 0.2) is 0 Å². The van der Waals surface area contributed by atoms with Gasteiger partial charge in [0.2, 0.25) is 0 Å². The van der Waals surface area contributed by atoms with E-state index in [1.165, 1.54) is 32.4 Å². The molecule has 0 spiro atoms. The van der Waals surface area contributed by atoms with Crippen LogP contribution in [0.2, 0.25) is 5.02 Å². The summed E-state index contributed by atoms with van der Waals surface area (Å²) in [6.45, 7) is 2.25. The molecule has 42 heavy (non-hydrogen) atoms. The van der Waals surface area contributed by atoms with Gasteiger partial charge in [-0.15, -0.1) is 0 Å². The van der Waals surface area contributed by atoms with Gasteiger partial charge in [-0.2, -0.15) is 13.2 Å². The number of aliphatic imine (C=N–C) groups is 1. The molecule has 2 aliphatic rings. The van der Waals surface area contributed by atoms with Gasteiger partial charge in [-0.1, -0.05) is 30.7 Å². The number of hydrogen-bond donors (Lipinski definition) is 3. The maximum absolute atomic E-state index is 13.4. The van der Waals surface area contributed by atoms with Gasteiger partial charge in [0, 0.05) is 30.4 Å². The number of carbonyl (C=O) groups is 2. The Balaban J connectivity index is 1.54. The maximum Gasteiger partial charge on any atom is 0.416 e. The summed E-state index contributed by atoms with van der Waals surface area (Å²) in [6.07, 6.45) is 0.828. The van der Waals surface area contributed by atoms with Gasteiger partial charge < -0.3 is 30.2 Å². The zero-order valence-corrected chi connectivity index (χ0v) is 23.6. The molecule has 2 unspecified atom stereocenters. The van der Waals surface area contributed by atoms with Crippen LogP contribution in [-0.4, -0.2) is 50.6 Å². The lowest BCUT2D eigenvalue weighted by atomic mass is 9.87. The highest BCUT2D eigenvalue weighted by Crippen LogP contribution is 2.38. The molecule has 222 valence electrons. The highest BCUT2D eigenvalue weighted by Gasteiger charge is 2.38. The Labute approximate surface area is 245 Å². The van der Waals surface area contributed by atoms with Crippen molar-refractivity contribution in [1.82, 2.24) is 5.32 Å². The van der Waals surface area contributed by atoms with E-state index >= 15 is 0 Å². The molecule has 3 N–H and O–H groups in total. The molecule has 1 aliphatic carbocycles. The van der Waals surface area contributed by atoms with Crippen LogP contribution < -0.4 is 30.2 Å². The summed E-state index contributed by atoms with van der Waals surface area (Å²) in [6, 6.07) is 7.78. The first-order valence-electron chi connectivity index (χ1n) is 12.8. The van der Waals surface area contributed by atoms with Crippen LogP contribution >= 0.6 is 11.6 Å². The quantitative estimate of drug-likeness (QED) is 0.312. The number of amides is 3. The minimum absolute atomic E-state index is 0.0477. The molecule has 2 atom stereocenters. The smallest absolute Gasteiger partial charge is 0.416 e. The standard InChI is InChI=1S/C29H28ClF3N4O5/c1-4-11-34-27(38)23-15-24(19-8-5-16(29(31,32)33)12-22(19)36-23)42-18-7-10-21(26(14-18)41-3)37-28(39)35-17-6-9-20(30)25(13-17)40-2/h5-10,12-15,19,22H,4,11H2,1-3H3,(H,34,38)(H2,35,37,39). The molecule has 2 aromatic rings. The molecule has 1 heterocycles. The number of anilines is 2. The molecule has 2 aromatic carbocycles. The van der Waals surface area contributed by atoms with Gasteiger partial charge in [0.25, 0.3) is 5.91 Å². The van der Waals surface area contributed by atoms with E-state index in [-0.39, 0.29) is 23.0 Å². The van der Waals surface area contributed by atoms with E-state index < -0.39 is 35.6 Å². The number of benzene rings is 2. The molecular weight excluding hydrogens is 577 g/mol. The van der Waals surface area contributed by atoms with E-state index in [1.54, 1.807) is 30.3 Å². The Bertz CT molecular complexity index is 1490. The van der Waals surface area contributed by atoms with E-state index in [0.29, 0.717) is 35.1 Å². The molecule has 0 aromatic heterocycles. The number of alkyl halides is 3. The predicted octanol–water partition coefficient (Wildman–Crippen LogP) is 6.29. The lowest BCUT2D eigenvalue weighted by Gasteiger charge is -2.29.